The number of quaternary nitrogens is 1. The highest BCUT2D eigenvalue weighted by atomic mass is 32.2. The second-order valence-electron chi connectivity index (χ2n) is 6.83. The van der Waals surface area contributed by atoms with Crippen LogP contribution in [0.1, 0.15) is 26.2 Å². The third-order valence-corrected chi connectivity index (χ3v) is 6.52. The van der Waals surface area contributed by atoms with Gasteiger partial charge in [-0.15, -0.1) is 11.8 Å². The van der Waals surface area contributed by atoms with Crippen LogP contribution in [0.2, 0.25) is 0 Å². The lowest BCUT2D eigenvalue weighted by molar-refractivity contribution is -0.945. The average molecular weight is 351 g/mol. The molecule has 3 nitrogen and oxygen atoms in total. The minimum absolute atomic E-state index is 0.730. The Kier molecular flexibility index (Phi) is 5.83. The van der Waals surface area contributed by atoms with Gasteiger partial charge in [0.15, 0.2) is 5.11 Å². The number of piperidine rings is 3. The van der Waals surface area contributed by atoms with Crippen molar-refractivity contribution in [2.24, 2.45) is 11.8 Å². The Labute approximate surface area is 149 Å². The van der Waals surface area contributed by atoms with Gasteiger partial charge in [0.25, 0.3) is 0 Å². The van der Waals surface area contributed by atoms with Gasteiger partial charge in [0.1, 0.15) is 6.04 Å². The van der Waals surface area contributed by atoms with E-state index in [-0.39, 0.29) is 0 Å². The predicted octanol–water partition coefficient (Wildman–Crippen LogP) is 2.40. The monoisotopic (exact) mass is 350 g/mol. The number of fused-ring (bicyclic) bond motifs is 3. The number of thioether (sulfide) groups is 1. The van der Waals surface area contributed by atoms with E-state index in [0.29, 0.717) is 0 Å². The third-order valence-electron chi connectivity index (χ3n) is 5.55. The molecule has 0 spiro atoms. The molecule has 0 saturated carbocycles. The number of anilines is 1. The van der Waals surface area contributed by atoms with Crippen LogP contribution in [0.4, 0.5) is 5.69 Å². The van der Waals surface area contributed by atoms with Gasteiger partial charge in [-0.2, -0.15) is 0 Å². The molecule has 1 aromatic carbocycles. The first kappa shape index (κ1) is 17.1. The van der Waals surface area contributed by atoms with Crippen LogP contribution in [0.15, 0.2) is 29.2 Å². The Balaban J connectivity index is 1.48. The molecule has 126 valence electrons. The van der Waals surface area contributed by atoms with Gasteiger partial charge in [-0.25, -0.2) is 0 Å². The van der Waals surface area contributed by atoms with Gasteiger partial charge < -0.3 is 15.5 Å². The van der Waals surface area contributed by atoms with Crippen molar-refractivity contribution in [2.45, 2.75) is 37.1 Å². The van der Waals surface area contributed by atoms with Gasteiger partial charge in [-0.1, -0.05) is 13.0 Å². The molecule has 4 atom stereocenters. The molecule has 3 aliphatic heterocycles. The van der Waals surface area contributed by atoms with Crippen LogP contribution in [0.3, 0.4) is 0 Å². The van der Waals surface area contributed by atoms with Crippen LogP contribution in [0, 0.1) is 11.8 Å². The quantitative estimate of drug-likeness (QED) is 0.562. The maximum atomic E-state index is 5.48. The summed E-state index contributed by atoms with van der Waals surface area (Å²) < 4.78 is 0. The summed E-state index contributed by atoms with van der Waals surface area (Å²) in [5.41, 5.74) is 1.07. The molecule has 5 heteroatoms. The lowest BCUT2D eigenvalue weighted by Crippen LogP contribution is -3.20. The van der Waals surface area contributed by atoms with E-state index in [1.54, 1.807) is 16.7 Å². The summed E-state index contributed by atoms with van der Waals surface area (Å²) in [7, 11) is 0. The van der Waals surface area contributed by atoms with Crippen molar-refractivity contribution < 1.29 is 4.90 Å². The topological polar surface area (TPSA) is 28.5 Å². The fraction of sp³-hybridized carbons (Fsp3) is 0.611. The molecule has 23 heavy (non-hydrogen) atoms. The van der Waals surface area contributed by atoms with Crippen molar-refractivity contribution in [3.8, 4) is 0 Å². The van der Waals surface area contributed by atoms with Gasteiger partial charge in [0.05, 0.1) is 19.6 Å². The van der Waals surface area contributed by atoms with E-state index in [4.69, 9.17) is 12.2 Å². The molecular weight excluding hydrogens is 322 g/mol. The van der Waals surface area contributed by atoms with E-state index < -0.39 is 0 Å². The Morgan fingerprint density at radius 3 is 3.00 bits per heavy atom. The van der Waals surface area contributed by atoms with E-state index in [9.17, 15) is 0 Å². The fourth-order valence-corrected chi connectivity index (χ4v) is 4.88. The minimum Gasteiger partial charge on any atom is -0.356 e. The number of thiocarbonyl (C=S) groups is 1. The summed E-state index contributed by atoms with van der Waals surface area (Å²) in [6.07, 6.45) is 6.23. The van der Waals surface area contributed by atoms with Crippen molar-refractivity contribution in [3.05, 3.63) is 24.3 Å². The van der Waals surface area contributed by atoms with Gasteiger partial charge >= 0.3 is 0 Å². The summed E-state index contributed by atoms with van der Waals surface area (Å²) >= 11 is 7.23. The van der Waals surface area contributed by atoms with Crippen molar-refractivity contribution in [1.29, 1.82) is 0 Å². The molecule has 2 bridgehead atoms. The zero-order valence-corrected chi connectivity index (χ0v) is 15.7. The van der Waals surface area contributed by atoms with Crippen LogP contribution in [0.25, 0.3) is 0 Å². The highest BCUT2D eigenvalue weighted by molar-refractivity contribution is 7.98. The number of nitrogens with one attached hydrogen (secondary N) is 3. The van der Waals surface area contributed by atoms with E-state index in [2.05, 4.69) is 48.1 Å². The Bertz CT molecular complexity index is 549. The lowest BCUT2D eigenvalue weighted by atomic mass is 9.74. The first-order valence-corrected chi connectivity index (χ1v) is 10.4. The molecule has 3 fully saturated rings. The van der Waals surface area contributed by atoms with E-state index >= 15 is 0 Å². The summed E-state index contributed by atoms with van der Waals surface area (Å²) in [5, 5.41) is 7.51. The highest BCUT2D eigenvalue weighted by Gasteiger charge is 2.42. The van der Waals surface area contributed by atoms with E-state index in [1.165, 1.54) is 37.2 Å². The Morgan fingerprint density at radius 1 is 1.43 bits per heavy atom. The predicted molar refractivity (Wildman–Crippen MR) is 103 cm³/mol. The zero-order valence-electron chi connectivity index (χ0n) is 14.1. The maximum Gasteiger partial charge on any atom is 0.170 e. The van der Waals surface area contributed by atoms with Gasteiger partial charge in [0, 0.05) is 29.3 Å². The molecule has 0 aromatic heterocycles. The summed E-state index contributed by atoms with van der Waals surface area (Å²) in [4.78, 5) is 3.04. The smallest absolute Gasteiger partial charge is 0.170 e. The van der Waals surface area contributed by atoms with Crippen LogP contribution < -0.4 is 15.5 Å². The van der Waals surface area contributed by atoms with Crippen LogP contribution in [-0.4, -0.2) is 37.0 Å². The SMILES string of the molecule is CC[C@H]1C[NH+]2CC[C@H]1C[C@@H]2CNC(=S)Nc1cccc(SC)c1. The van der Waals surface area contributed by atoms with Crippen LogP contribution in [0.5, 0.6) is 0 Å². The third kappa shape index (κ3) is 4.20. The first-order valence-electron chi connectivity index (χ1n) is 8.73. The molecule has 3 heterocycles. The van der Waals surface area contributed by atoms with Crippen molar-refractivity contribution in [1.82, 2.24) is 5.32 Å². The highest BCUT2D eigenvalue weighted by Crippen LogP contribution is 2.28. The number of benzene rings is 1. The molecule has 0 aliphatic carbocycles. The van der Waals surface area contributed by atoms with E-state index in [0.717, 1.165) is 35.2 Å². The van der Waals surface area contributed by atoms with Gasteiger partial charge in [-0.3, -0.25) is 0 Å². The molecule has 1 unspecified atom stereocenters. The summed E-state index contributed by atoms with van der Waals surface area (Å²) in [5.74, 6) is 1.90. The molecule has 0 radical (unpaired) electrons. The fourth-order valence-electron chi connectivity index (χ4n) is 4.22. The van der Waals surface area contributed by atoms with Gasteiger partial charge in [-0.05, 0) is 49.0 Å². The molecule has 3 saturated heterocycles. The Morgan fingerprint density at radius 2 is 2.30 bits per heavy atom. The van der Waals surface area contributed by atoms with Crippen molar-refractivity contribution >= 4 is 34.8 Å². The Hall–Kier alpha value is -0.780. The first-order chi connectivity index (χ1) is 11.2. The largest absolute Gasteiger partial charge is 0.356 e. The zero-order chi connectivity index (χ0) is 16.2. The second kappa shape index (κ2) is 7.86. The molecule has 4 rings (SSSR count). The standard InChI is InChI=1S/C18H27N3S2/c1-3-13-12-21-8-7-14(13)9-16(21)11-19-18(22)20-15-5-4-6-17(10-15)23-2/h4-6,10,13-14,16H,3,7-9,11-12H2,1-2H3,(H2,19,20,22)/p+1/t13-,14-,16+/m0/s1. The number of hydrogen-bond acceptors (Lipinski definition) is 2. The number of rotatable bonds is 5. The molecule has 0 amide bonds. The lowest BCUT2D eigenvalue weighted by Gasteiger charge is -2.46. The molecule has 1 aromatic rings. The van der Waals surface area contributed by atoms with Crippen molar-refractivity contribution in [3.63, 3.8) is 0 Å². The van der Waals surface area contributed by atoms with Crippen LogP contribution in [-0.2, 0) is 0 Å². The minimum atomic E-state index is 0.730. The summed E-state index contributed by atoms with van der Waals surface area (Å²) in [6.45, 7) is 6.06. The summed E-state index contributed by atoms with van der Waals surface area (Å²) in [6, 6.07) is 9.12. The van der Waals surface area contributed by atoms with Gasteiger partial charge in [0.2, 0.25) is 0 Å². The van der Waals surface area contributed by atoms with Crippen LogP contribution >= 0.6 is 24.0 Å². The van der Waals surface area contributed by atoms with E-state index in [1.807, 2.05) is 0 Å². The molecule has 3 N–H and O–H groups in total. The van der Waals surface area contributed by atoms with Crippen molar-refractivity contribution in [2.75, 3.05) is 31.2 Å². The second-order valence-corrected chi connectivity index (χ2v) is 8.12. The normalized spacial score (nSPS) is 29.3. The molecule has 3 aliphatic rings. The maximum absolute atomic E-state index is 5.48. The molecular formula is C18H28N3S2+. The number of hydrogen-bond donors (Lipinski definition) is 3. The average Bonchev–Trinajstić information content (AvgIpc) is 2.60.